The monoisotopic (exact) mass is 371 g/mol. The number of hydrogen-bond acceptors (Lipinski definition) is 3. The molecule has 2 aromatic carbocycles. The number of ether oxygens (including phenoxy) is 1. The van der Waals surface area contributed by atoms with Crippen LogP contribution in [0.4, 0.5) is 32.0 Å². The van der Waals surface area contributed by atoms with Crippen molar-refractivity contribution in [1.29, 1.82) is 0 Å². The number of alkyl halides is 3. The van der Waals surface area contributed by atoms with Gasteiger partial charge in [0.05, 0.1) is 0 Å². The van der Waals surface area contributed by atoms with Crippen molar-refractivity contribution in [3.8, 4) is 5.75 Å². The Kier molecular flexibility index (Phi) is 4.65. The van der Waals surface area contributed by atoms with Gasteiger partial charge in [0.2, 0.25) is 0 Å². The Balaban J connectivity index is 2.25. The molecule has 0 aromatic heterocycles. The minimum absolute atomic E-state index is 0.242. The van der Waals surface area contributed by atoms with Crippen LogP contribution < -0.4 is 9.46 Å². The summed E-state index contributed by atoms with van der Waals surface area (Å²) in [6.45, 7) is 0. The summed E-state index contributed by atoms with van der Waals surface area (Å²) >= 11 is 0. The van der Waals surface area contributed by atoms with Gasteiger partial charge in [0.15, 0.2) is 17.5 Å². The summed E-state index contributed by atoms with van der Waals surface area (Å²) < 4.78 is 105. The topological polar surface area (TPSA) is 55.4 Å². The predicted octanol–water partition coefficient (Wildman–Crippen LogP) is 3.80. The lowest BCUT2D eigenvalue weighted by Crippen LogP contribution is -2.17. The minimum Gasteiger partial charge on any atom is -0.406 e. The van der Waals surface area contributed by atoms with Crippen molar-refractivity contribution >= 4 is 15.7 Å². The maximum atomic E-state index is 13.5. The Hall–Kier alpha value is -2.43. The third-order valence-corrected chi connectivity index (χ3v) is 4.03. The second-order valence-corrected chi connectivity index (χ2v) is 6.00. The van der Waals surface area contributed by atoms with Crippen LogP contribution in [0, 0.1) is 17.5 Å². The van der Waals surface area contributed by atoms with Gasteiger partial charge >= 0.3 is 6.36 Å². The van der Waals surface area contributed by atoms with Crippen molar-refractivity contribution in [3.05, 3.63) is 53.8 Å². The van der Waals surface area contributed by atoms with Gasteiger partial charge in [-0.2, -0.15) is 0 Å². The average molecular weight is 371 g/mol. The van der Waals surface area contributed by atoms with E-state index in [1.165, 1.54) is 0 Å². The van der Waals surface area contributed by atoms with E-state index in [1.54, 1.807) is 0 Å². The summed E-state index contributed by atoms with van der Waals surface area (Å²) in [7, 11) is -4.63. The Morgan fingerprint density at radius 2 is 1.46 bits per heavy atom. The first-order valence-electron chi connectivity index (χ1n) is 6.02. The SMILES string of the molecule is O=S(=O)(Nc1ccc(OC(F)(F)F)cc1)c1ccc(F)c(F)c1F. The smallest absolute Gasteiger partial charge is 0.406 e. The third-order valence-electron chi connectivity index (χ3n) is 2.63. The second kappa shape index (κ2) is 6.23. The van der Waals surface area contributed by atoms with Crippen molar-refractivity contribution in [3.63, 3.8) is 0 Å². The molecule has 0 bridgehead atoms. The first-order valence-corrected chi connectivity index (χ1v) is 7.50. The molecule has 0 saturated heterocycles. The molecule has 0 atom stereocenters. The Morgan fingerprint density at radius 1 is 0.875 bits per heavy atom. The fourth-order valence-electron chi connectivity index (χ4n) is 1.65. The lowest BCUT2D eigenvalue weighted by Gasteiger charge is -2.11. The lowest BCUT2D eigenvalue weighted by atomic mass is 10.3. The van der Waals surface area contributed by atoms with Crippen LogP contribution in [0.3, 0.4) is 0 Å². The largest absolute Gasteiger partial charge is 0.573 e. The van der Waals surface area contributed by atoms with Crippen molar-refractivity contribution in [1.82, 2.24) is 0 Å². The molecule has 0 aliphatic rings. The molecule has 0 radical (unpaired) electrons. The van der Waals surface area contributed by atoms with E-state index in [-0.39, 0.29) is 5.69 Å². The van der Waals surface area contributed by atoms with Crippen molar-refractivity contribution in [2.75, 3.05) is 4.72 Å². The highest BCUT2D eigenvalue weighted by Crippen LogP contribution is 2.26. The van der Waals surface area contributed by atoms with Crippen LogP contribution in [0.2, 0.25) is 0 Å². The van der Waals surface area contributed by atoms with E-state index in [0.717, 1.165) is 24.3 Å². The molecule has 24 heavy (non-hydrogen) atoms. The molecule has 0 aliphatic carbocycles. The van der Waals surface area contributed by atoms with Gasteiger partial charge in [-0.1, -0.05) is 0 Å². The summed E-state index contributed by atoms with van der Waals surface area (Å²) in [6, 6.07) is 4.39. The Labute approximate surface area is 131 Å². The normalized spacial score (nSPS) is 12.1. The van der Waals surface area contributed by atoms with Crippen molar-refractivity contribution < 1.29 is 39.5 Å². The zero-order chi connectivity index (χ0) is 18.1. The fraction of sp³-hybridized carbons (Fsp3) is 0.0769. The molecule has 11 heteroatoms. The third kappa shape index (κ3) is 4.10. The maximum Gasteiger partial charge on any atom is 0.573 e. The molecule has 0 saturated carbocycles. The molecule has 0 amide bonds. The summed E-state index contributed by atoms with van der Waals surface area (Å²) in [4.78, 5) is -1.16. The van der Waals surface area contributed by atoms with E-state index in [9.17, 15) is 34.8 Å². The zero-order valence-corrected chi connectivity index (χ0v) is 12.2. The van der Waals surface area contributed by atoms with Gasteiger partial charge in [0.25, 0.3) is 10.0 Å². The summed E-state index contributed by atoms with van der Waals surface area (Å²) in [5.41, 5.74) is -0.242. The van der Waals surface area contributed by atoms with Gasteiger partial charge in [-0.05, 0) is 36.4 Å². The van der Waals surface area contributed by atoms with Crippen LogP contribution >= 0.6 is 0 Å². The number of sulfonamides is 1. The van der Waals surface area contributed by atoms with E-state index < -0.39 is 44.5 Å². The second-order valence-electron chi connectivity index (χ2n) is 4.35. The Morgan fingerprint density at radius 3 is 2.00 bits per heavy atom. The Bertz CT molecular complexity index is 849. The van der Waals surface area contributed by atoms with E-state index in [0.29, 0.717) is 12.1 Å². The maximum absolute atomic E-state index is 13.5. The molecule has 0 spiro atoms. The number of anilines is 1. The highest BCUT2D eigenvalue weighted by molar-refractivity contribution is 7.92. The average Bonchev–Trinajstić information content (AvgIpc) is 2.45. The van der Waals surface area contributed by atoms with Crippen molar-refractivity contribution in [2.24, 2.45) is 0 Å². The lowest BCUT2D eigenvalue weighted by molar-refractivity contribution is -0.274. The standard InChI is InChI=1S/C13H7F6NO3S/c14-9-5-6-10(12(16)11(9)15)24(21,22)20-7-1-3-8(4-2-7)23-13(17,18)19/h1-6,20H. The van der Waals surface area contributed by atoms with E-state index >= 15 is 0 Å². The van der Waals surface area contributed by atoms with Gasteiger partial charge in [-0.25, -0.2) is 21.6 Å². The molecule has 0 aliphatic heterocycles. The van der Waals surface area contributed by atoms with Crippen LogP contribution in [-0.2, 0) is 10.0 Å². The van der Waals surface area contributed by atoms with Gasteiger partial charge in [-0.3, -0.25) is 4.72 Å². The molecule has 0 heterocycles. The zero-order valence-electron chi connectivity index (χ0n) is 11.4. The van der Waals surface area contributed by atoms with Crippen LogP contribution in [0.1, 0.15) is 0 Å². The van der Waals surface area contributed by atoms with Crippen LogP contribution in [0.15, 0.2) is 41.3 Å². The van der Waals surface area contributed by atoms with Crippen molar-refractivity contribution in [2.45, 2.75) is 11.3 Å². The molecule has 2 rings (SSSR count). The van der Waals surface area contributed by atoms with E-state index in [1.807, 2.05) is 4.72 Å². The summed E-state index contributed by atoms with van der Waals surface area (Å²) in [6.07, 6.45) is -4.92. The molecular weight excluding hydrogens is 364 g/mol. The molecular formula is C13H7F6NO3S. The van der Waals surface area contributed by atoms with Crippen LogP contribution in [0.25, 0.3) is 0 Å². The molecule has 1 N–H and O–H groups in total. The first-order chi connectivity index (χ1) is 11.0. The number of nitrogens with one attached hydrogen (secondary N) is 1. The van der Waals surface area contributed by atoms with E-state index in [2.05, 4.69) is 4.74 Å². The van der Waals surface area contributed by atoms with Gasteiger partial charge in [0, 0.05) is 5.69 Å². The molecule has 0 fully saturated rings. The number of halogens is 6. The van der Waals surface area contributed by atoms with Gasteiger partial charge in [0.1, 0.15) is 10.6 Å². The molecule has 130 valence electrons. The van der Waals surface area contributed by atoms with Crippen LogP contribution in [-0.4, -0.2) is 14.8 Å². The molecule has 4 nitrogen and oxygen atoms in total. The van der Waals surface area contributed by atoms with Crippen LogP contribution in [0.5, 0.6) is 5.75 Å². The highest BCUT2D eigenvalue weighted by Gasteiger charge is 2.31. The van der Waals surface area contributed by atoms with Gasteiger partial charge < -0.3 is 4.74 Å². The fourth-order valence-corrected chi connectivity index (χ4v) is 2.78. The summed E-state index contributed by atoms with van der Waals surface area (Å²) in [5, 5.41) is 0. The predicted molar refractivity (Wildman–Crippen MR) is 70.2 cm³/mol. The van der Waals surface area contributed by atoms with Gasteiger partial charge in [-0.15, -0.1) is 13.2 Å². The quantitative estimate of drug-likeness (QED) is 0.657. The number of rotatable bonds is 4. The highest BCUT2D eigenvalue weighted by atomic mass is 32.2. The minimum atomic E-state index is -4.92. The number of hydrogen-bond donors (Lipinski definition) is 1. The molecule has 2 aromatic rings. The van der Waals surface area contributed by atoms with E-state index in [4.69, 9.17) is 0 Å². The summed E-state index contributed by atoms with van der Waals surface area (Å²) in [5.74, 6) is -6.06. The first kappa shape index (κ1) is 17.9. The number of benzene rings is 2. The molecule has 0 unspecified atom stereocenters.